The van der Waals surface area contributed by atoms with Crippen LogP contribution in [-0.4, -0.2) is 41.5 Å². The van der Waals surface area contributed by atoms with Gasteiger partial charge in [-0.1, -0.05) is 35.9 Å². The summed E-state index contributed by atoms with van der Waals surface area (Å²) in [5.41, 5.74) is 5.23. The average Bonchev–Trinajstić information content (AvgIpc) is 3.28. The molecule has 0 aliphatic carbocycles. The summed E-state index contributed by atoms with van der Waals surface area (Å²) in [6.07, 6.45) is 3.15. The van der Waals surface area contributed by atoms with E-state index in [2.05, 4.69) is 34.0 Å². The van der Waals surface area contributed by atoms with E-state index in [1.54, 1.807) is 24.5 Å². The number of carboxylic acids is 1. The summed E-state index contributed by atoms with van der Waals surface area (Å²) in [4.78, 5) is 26.6. The number of aliphatic carboxylic acids is 1. The van der Waals surface area contributed by atoms with Crippen molar-refractivity contribution in [2.75, 3.05) is 0 Å². The molecule has 5 rings (SSSR count). The lowest BCUT2D eigenvalue weighted by atomic mass is 9.97. The van der Waals surface area contributed by atoms with Gasteiger partial charge in [0.05, 0.1) is 29.7 Å². The molecule has 4 heterocycles. The third kappa shape index (κ3) is 3.61. The van der Waals surface area contributed by atoms with Gasteiger partial charge in [0.1, 0.15) is 22.0 Å². The fraction of sp³-hybridized carbons (Fsp3) is 0.250. The van der Waals surface area contributed by atoms with Gasteiger partial charge < -0.3 is 5.11 Å². The highest BCUT2D eigenvalue weighted by molar-refractivity contribution is 7.15. The molecule has 0 saturated carbocycles. The number of fused-ring (bicyclic) bond motifs is 3. The smallest absolute Gasteiger partial charge is 0.308 e. The molecule has 1 aliphatic heterocycles. The van der Waals surface area contributed by atoms with Crippen LogP contribution in [-0.2, 0) is 4.79 Å². The molecule has 4 aromatic rings. The molecule has 1 unspecified atom stereocenters. The van der Waals surface area contributed by atoms with Crippen molar-refractivity contribution >= 4 is 34.6 Å². The zero-order valence-electron chi connectivity index (χ0n) is 18.9. The van der Waals surface area contributed by atoms with Crippen LogP contribution >= 0.6 is 22.9 Å². The van der Waals surface area contributed by atoms with Crippen molar-refractivity contribution < 1.29 is 9.90 Å². The molecular weight excluding hydrogens is 472 g/mol. The third-order valence-electron chi connectivity index (χ3n) is 6.11. The number of hydrogen-bond donors (Lipinski definition) is 1. The van der Waals surface area contributed by atoms with E-state index in [9.17, 15) is 9.90 Å². The molecule has 0 radical (unpaired) electrons. The minimum Gasteiger partial charge on any atom is -0.481 e. The van der Waals surface area contributed by atoms with Gasteiger partial charge in [0.25, 0.3) is 0 Å². The molecule has 10 heteroatoms. The maximum Gasteiger partial charge on any atom is 0.308 e. The van der Waals surface area contributed by atoms with Crippen molar-refractivity contribution in [2.45, 2.75) is 33.7 Å². The highest BCUT2D eigenvalue weighted by Gasteiger charge is 2.36. The molecule has 172 valence electrons. The predicted octanol–water partition coefficient (Wildman–Crippen LogP) is 4.98. The van der Waals surface area contributed by atoms with E-state index < -0.39 is 17.9 Å². The van der Waals surface area contributed by atoms with Gasteiger partial charge in [-0.05, 0) is 33.3 Å². The number of hydrogen-bond acceptors (Lipinski definition) is 7. The van der Waals surface area contributed by atoms with E-state index >= 15 is 0 Å². The first-order valence-electron chi connectivity index (χ1n) is 10.7. The first-order chi connectivity index (χ1) is 16.3. The monoisotopic (exact) mass is 492 g/mol. The van der Waals surface area contributed by atoms with Gasteiger partial charge in [-0.25, -0.2) is 4.98 Å². The molecule has 1 N–H and O–H groups in total. The average molecular weight is 493 g/mol. The SMILES string of the molecule is Cc1sc2c(c1C)C(c1ccc(-c3cncc(Cl)n3)cc1)=NC([C@H](C)C(=O)O)c1nnc(C)n1-2. The van der Waals surface area contributed by atoms with Gasteiger partial charge in [0.15, 0.2) is 5.82 Å². The summed E-state index contributed by atoms with van der Waals surface area (Å²) >= 11 is 7.64. The molecule has 1 aliphatic rings. The van der Waals surface area contributed by atoms with Crippen LogP contribution in [0.25, 0.3) is 16.3 Å². The van der Waals surface area contributed by atoms with Crippen molar-refractivity contribution in [1.82, 2.24) is 24.7 Å². The Kier molecular flexibility index (Phi) is 5.53. The summed E-state index contributed by atoms with van der Waals surface area (Å²) in [5.74, 6) is -0.482. The lowest BCUT2D eigenvalue weighted by Crippen LogP contribution is -2.21. The van der Waals surface area contributed by atoms with Gasteiger partial charge in [0, 0.05) is 21.6 Å². The molecule has 0 spiro atoms. The number of aliphatic imine (C=N–C) groups is 1. The van der Waals surface area contributed by atoms with Gasteiger partial charge >= 0.3 is 5.97 Å². The number of halogens is 1. The summed E-state index contributed by atoms with van der Waals surface area (Å²) in [5, 5.41) is 19.7. The van der Waals surface area contributed by atoms with E-state index in [0.717, 1.165) is 37.8 Å². The number of aromatic nitrogens is 5. The van der Waals surface area contributed by atoms with Crippen molar-refractivity contribution in [3.05, 3.63) is 75.0 Å². The Hall–Kier alpha value is -3.43. The number of rotatable bonds is 4. The van der Waals surface area contributed by atoms with Crippen LogP contribution in [0.15, 0.2) is 41.7 Å². The Labute approximate surface area is 205 Å². The highest BCUT2D eigenvalue weighted by Crippen LogP contribution is 2.40. The Bertz CT molecular complexity index is 1460. The second kappa shape index (κ2) is 8.41. The predicted molar refractivity (Wildman–Crippen MR) is 131 cm³/mol. The Morgan fingerprint density at radius 2 is 1.82 bits per heavy atom. The van der Waals surface area contributed by atoms with Crippen molar-refractivity contribution in [1.29, 1.82) is 0 Å². The van der Waals surface area contributed by atoms with Crippen LogP contribution in [0.1, 0.15) is 46.2 Å². The Morgan fingerprint density at radius 1 is 1.12 bits per heavy atom. The fourth-order valence-electron chi connectivity index (χ4n) is 4.10. The maximum absolute atomic E-state index is 12.0. The number of benzene rings is 1. The van der Waals surface area contributed by atoms with Gasteiger partial charge in [-0.3, -0.25) is 19.3 Å². The number of aryl methyl sites for hydroxylation is 2. The van der Waals surface area contributed by atoms with E-state index in [4.69, 9.17) is 16.6 Å². The topological polar surface area (TPSA) is 106 Å². The second-order valence-electron chi connectivity index (χ2n) is 8.26. The molecule has 3 aromatic heterocycles. The first-order valence-corrected chi connectivity index (χ1v) is 11.9. The standard InChI is InChI=1S/C24H21ClN6O2S/c1-11-13(3)34-23-19(11)21(16-7-5-15(6-8-16)17-9-26-10-18(25)27-17)28-20(12(2)24(32)33)22-30-29-14(4)31(22)23/h5-10,12,20H,1-4H3,(H,32,33)/t12-,20?/m0/s1. The molecule has 0 fully saturated rings. The highest BCUT2D eigenvalue weighted by atomic mass is 35.5. The normalized spacial score (nSPS) is 15.8. The Morgan fingerprint density at radius 3 is 2.50 bits per heavy atom. The summed E-state index contributed by atoms with van der Waals surface area (Å²) < 4.78 is 1.95. The number of nitrogens with zero attached hydrogens (tertiary/aromatic N) is 6. The van der Waals surface area contributed by atoms with Crippen molar-refractivity contribution in [2.24, 2.45) is 10.9 Å². The van der Waals surface area contributed by atoms with Crippen LogP contribution in [0.2, 0.25) is 5.15 Å². The van der Waals surface area contributed by atoms with E-state index in [1.165, 1.54) is 6.20 Å². The molecule has 0 bridgehead atoms. The van der Waals surface area contributed by atoms with E-state index in [0.29, 0.717) is 22.5 Å². The van der Waals surface area contributed by atoms with Crippen LogP contribution in [0.5, 0.6) is 0 Å². The lowest BCUT2D eigenvalue weighted by molar-refractivity contribution is -0.141. The zero-order valence-corrected chi connectivity index (χ0v) is 20.5. The van der Waals surface area contributed by atoms with E-state index in [1.807, 2.05) is 35.8 Å². The number of carboxylic acid groups (broad SMARTS) is 1. The van der Waals surface area contributed by atoms with Crippen LogP contribution in [0, 0.1) is 26.7 Å². The van der Waals surface area contributed by atoms with Crippen LogP contribution in [0.3, 0.4) is 0 Å². The molecule has 8 nitrogen and oxygen atoms in total. The molecular formula is C24H21ClN6O2S. The maximum atomic E-state index is 12.0. The molecule has 1 aromatic carbocycles. The molecule has 0 amide bonds. The number of thiophene rings is 1. The molecule has 2 atom stereocenters. The summed E-state index contributed by atoms with van der Waals surface area (Å²) in [6, 6.07) is 7.13. The Balaban J connectivity index is 1.71. The zero-order chi connectivity index (χ0) is 24.1. The van der Waals surface area contributed by atoms with Crippen molar-refractivity contribution in [3.63, 3.8) is 0 Å². The van der Waals surface area contributed by atoms with Gasteiger partial charge in [-0.2, -0.15) is 0 Å². The third-order valence-corrected chi connectivity index (χ3v) is 7.49. The number of carbonyl (C=O) groups is 1. The van der Waals surface area contributed by atoms with Gasteiger partial charge in [-0.15, -0.1) is 21.5 Å². The van der Waals surface area contributed by atoms with E-state index in [-0.39, 0.29) is 0 Å². The minimum absolute atomic E-state index is 0.327. The first kappa shape index (κ1) is 22.4. The quantitative estimate of drug-likeness (QED) is 0.430. The van der Waals surface area contributed by atoms with Crippen LogP contribution < -0.4 is 0 Å². The van der Waals surface area contributed by atoms with Crippen LogP contribution in [0.4, 0.5) is 0 Å². The van der Waals surface area contributed by atoms with Crippen molar-refractivity contribution in [3.8, 4) is 16.3 Å². The second-order valence-corrected chi connectivity index (χ2v) is 9.85. The largest absolute Gasteiger partial charge is 0.481 e. The molecule has 34 heavy (non-hydrogen) atoms. The summed E-state index contributed by atoms with van der Waals surface area (Å²) in [6.45, 7) is 7.67. The van der Waals surface area contributed by atoms with Gasteiger partial charge in [0.2, 0.25) is 0 Å². The summed E-state index contributed by atoms with van der Waals surface area (Å²) in [7, 11) is 0. The fourth-order valence-corrected chi connectivity index (χ4v) is 5.46. The minimum atomic E-state index is -0.937. The lowest BCUT2D eigenvalue weighted by Gasteiger charge is -2.16. The molecule has 0 saturated heterocycles.